The predicted molar refractivity (Wildman–Crippen MR) is 42.4 cm³/mol. The third-order valence-electron chi connectivity index (χ3n) is 1.26. The lowest BCUT2D eigenvalue weighted by Gasteiger charge is -2.11. The van der Waals surface area contributed by atoms with Crippen molar-refractivity contribution in [3.05, 3.63) is 0 Å². The first kappa shape index (κ1) is 10.9. The van der Waals surface area contributed by atoms with Gasteiger partial charge in [0.15, 0.2) is 5.92 Å². The van der Waals surface area contributed by atoms with Crippen molar-refractivity contribution in [1.29, 1.82) is 0 Å². The van der Waals surface area contributed by atoms with Crippen LogP contribution < -0.4 is 0 Å². The molecule has 0 bridgehead atoms. The van der Waals surface area contributed by atoms with E-state index in [-0.39, 0.29) is 6.10 Å². The van der Waals surface area contributed by atoms with Gasteiger partial charge in [0.05, 0.1) is 13.2 Å². The third-order valence-corrected chi connectivity index (χ3v) is 1.26. The summed E-state index contributed by atoms with van der Waals surface area (Å²) in [6, 6.07) is 0. The van der Waals surface area contributed by atoms with E-state index in [0.717, 1.165) is 0 Å². The average Bonchev–Trinajstić information content (AvgIpc) is 2.00. The van der Waals surface area contributed by atoms with Crippen LogP contribution in [0.4, 0.5) is 0 Å². The molecule has 1 unspecified atom stereocenters. The van der Waals surface area contributed by atoms with Gasteiger partial charge in [0.2, 0.25) is 0 Å². The SMILES string of the molecule is COC(=O)C(C)C(=O)OC(C)C. The maximum Gasteiger partial charge on any atom is 0.320 e. The van der Waals surface area contributed by atoms with Crippen molar-refractivity contribution in [2.45, 2.75) is 26.9 Å². The summed E-state index contributed by atoms with van der Waals surface area (Å²) in [4.78, 5) is 21.8. The van der Waals surface area contributed by atoms with E-state index in [2.05, 4.69) is 4.74 Å². The fraction of sp³-hybridized carbons (Fsp3) is 0.750. The monoisotopic (exact) mass is 174 g/mol. The first-order chi connectivity index (χ1) is 5.49. The van der Waals surface area contributed by atoms with Crippen molar-refractivity contribution < 1.29 is 19.1 Å². The molecule has 0 saturated heterocycles. The molecule has 0 aromatic heterocycles. The van der Waals surface area contributed by atoms with Crippen LogP contribution in [0.15, 0.2) is 0 Å². The molecule has 70 valence electrons. The van der Waals surface area contributed by atoms with Crippen molar-refractivity contribution in [2.75, 3.05) is 7.11 Å². The smallest absolute Gasteiger partial charge is 0.320 e. The third kappa shape index (κ3) is 3.37. The van der Waals surface area contributed by atoms with Gasteiger partial charge in [0.25, 0.3) is 0 Å². The molecule has 4 nitrogen and oxygen atoms in total. The summed E-state index contributed by atoms with van der Waals surface area (Å²) < 4.78 is 9.17. The summed E-state index contributed by atoms with van der Waals surface area (Å²) in [7, 11) is 1.24. The van der Waals surface area contributed by atoms with Crippen LogP contribution in [-0.2, 0) is 19.1 Å². The van der Waals surface area contributed by atoms with Gasteiger partial charge in [-0.15, -0.1) is 0 Å². The van der Waals surface area contributed by atoms with Gasteiger partial charge < -0.3 is 9.47 Å². The van der Waals surface area contributed by atoms with Crippen LogP contribution in [0, 0.1) is 5.92 Å². The van der Waals surface area contributed by atoms with E-state index in [1.165, 1.54) is 14.0 Å². The van der Waals surface area contributed by atoms with Gasteiger partial charge in [-0.1, -0.05) is 0 Å². The summed E-state index contributed by atoms with van der Waals surface area (Å²) in [5.74, 6) is -1.95. The second-order valence-corrected chi connectivity index (χ2v) is 2.73. The van der Waals surface area contributed by atoms with Crippen molar-refractivity contribution in [1.82, 2.24) is 0 Å². The molecule has 0 fully saturated rings. The molecule has 0 aliphatic carbocycles. The molecular weight excluding hydrogens is 160 g/mol. The molecule has 1 atom stereocenters. The van der Waals surface area contributed by atoms with E-state index in [4.69, 9.17) is 4.74 Å². The Kier molecular flexibility index (Phi) is 4.33. The van der Waals surface area contributed by atoms with Crippen LogP contribution >= 0.6 is 0 Å². The average molecular weight is 174 g/mol. The Bertz CT molecular complexity index is 174. The van der Waals surface area contributed by atoms with Gasteiger partial charge in [0, 0.05) is 0 Å². The molecule has 0 aromatic carbocycles. The summed E-state index contributed by atoms with van der Waals surface area (Å²) >= 11 is 0. The summed E-state index contributed by atoms with van der Waals surface area (Å²) in [5.41, 5.74) is 0. The standard InChI is InChI=1S/C8H14O4/c1-5(2)12-8(10)6(3)7(9)11-4/h5-6H,1-4H3. The predicted octanol–water partition coefficient (Wildman–Crippen LogP) is 0.747. The zero-order chi connectivity index (χ0) is 9.72. The van der Waals surface area contributed by atoms with Crippen molar-refractivity contribution in [2.24, 2.45) is 5.92 Å². The second kappa shape index (κ2) is 4.74. The number of hydrogen-bond donors (Lipinski definition) is 0. The molecule has 0 N–H and O–H groups in total. The van der Waals surface area contributed by atoms with Crippen molar-refractivity contribution >= 4 is 11.9 Å². The number of carbonyl (C=O) groups excluding carboxylic acids is 2. The van der Waals surface area contributed by atoms with Gasteiger partial charge in [-0.3, -0.25) is 9.59 Å². The van der Waals surface area contributed by atoms with E-state index < -0.39 is 17.9 Å². The number of rotatable bonds is 3. The van der Waals surface area contributed by atoms with E-state index >= 15 is 0 Å². The molecule has 0 rings (SSSR count). The van der Waals surface area contributed by atoms with Gasteiger partial charge in [0.1, 0.15) is 0 Å². The maximum absolute atomic E-state index is 11.0. The van der Waals surface area contributed by atoms with Crippen molar-refractivity contribution in [3.8, 4) is 0 Å². The van der Waals surface area contributed by atoms with Gasteiger partial charge in [-0.2, -0.15) is 0 Å². The zero-order valence-electron chi connectivity index (χ0n) is 7.79. The maximum atomic E-state index is 11.0. The van der Waals surface area contributed by atoms with Crippen LogP contribution in [0.3, 0.4) is 0 Å². The highest BCUT2D eigenvalue weighted by atomic mass is 16.6. The highest BCUT2D eigenvalue weighted by Gasteiger charge is 2.24. The molecule has 0 aromatic rings. The van der Waals surface area contributed by atoms with Crippen LogP contribution in [0.1, 0.15) is 20.8 Å². The Morgan fingerprint density at radius 2 is 1.58 bits per heavy atom. The van der Waals surface area contributed by atoms with Gasteiger partial charge >= 0.3 is 11.9 Å². The number of methoxy groups -OCH3 is 1. The largest absolute Gasteiger partial charge is 0.468 e. The van der Waals surface area contributed by atoms with E-state index in [0.29, 0.717) is 0 Å². The topological polar surface area (TPSA) is 52.6 Å². The Hall–Kier alpha value is -1.06. The van der Waals surface area contributed by atoms with E-state index in [1.54, 1.807) is 13.8 Å². The first-order valence-electron chi connectivity index (χ1n) is 3.77. The molecule has 0 saturated carbocycles. The number of carbonyl (C=O) groups is 2. The Morgan fingerprint density at radius 3 is 1.92 bits per heavy atom. The highest BCUT2D eigenvalue weighted by Crippen LogP contribution is 2.03. The molecule has 0 radical (unpaired) electrons. The molecule has 0 heterocycles. The minimum Gasteiger partial charge on any atom is -0.468 e. The normalized spacial score (nSPS) is 12.4. The van der Waals surface area contributed by atoms with Crippen molar-refractivity contribution in [3.63, 3.8) is 0 Å². The fourth-order valence-corrected chi connectivity index (χ4v) is 0.607. The number of hydrogen-bond acceptors (Lipinski definition) is 4. The highest BCUT2D eigenvalue weighted by molar-refractivity contribution is 5.94. The number of esters is 2. The minimum atomic E-state index is -0.836. The summed E-state index contributed by atoms with van der Waals surface area (Å²) in [5, 5.41) is 0. The Labute approximate surface area is 71.8 Å². The first-order valence-corrected chi connectivity index (χ1v) is 3.77. The summed E-state index contributed by atoms with van der Waals surface area (Å²) in [6.07, 6.45) is -0.204. The second-order valence-electron chi connectivity index (χ2n) is 2.73. The van der Waals surface area contributed by atoms with Crippen LogP contribution in [0.5, 0.6) is 0 Å². The molecule has 0 amide bonds. The van der Waals surface area contributed by atoms with E-state index in [9.17, 15) is 9.59 Å². The molecule has 12 heavy (non-hydrogen) atoms. The molecular formula is C8H14O4. The molecule has 4 heteroatoms. The molecule has 0 spiro atoms. The molecule has 0 aliphatic rings. The lowest BCUT2D eigenvalue weighted by atomic mass is 10.2. The Morgan fingerprint density at radius 1 is 1.08 bits per heavy atom. The Balaban J connectivity index is 4.01. The lowest BCUT2D eigenvalue weighted by Crippen LogP contribution is -2.26. The van der Waals surface area contributed by atoms with Crippen LogP contribution in [0.25, 0.3) is 0 Å². The molecule has 0 aliphatic heterocycles. The quantitative estimate of drug-likeness (QED) is 0.468. The summed E-state index contributed by atoms with van der Waals surface area (Å²) in [6.45, 7) is 4.90. The van der Waals surface area contributed by atoms with Gasteiger partial charge in [-0.05, 0) is 20.8 Å². The van der Waals surface area contributed by atoms with E-state index in [1.807, 2.05) is 0 Å². The number of ether oxygens (including phenoxy) is 2. The van der Waals surface area contributed by atoms with Crippen LogP contribution in [-0.4, -0.2) is 25.2 Å². The minimum absolute atomic E-state index is 0.204. The zero-order valence-corrected chi connectivity index (χ0v) is 7.79. The fourth-order valence-electron chi connectivity index (χ4n) is 0.607. The lowest BCUT2D eigenvalue weighted by molar-refractivity contribution is -0.161. The van der Waals surface area contributed by atoms with Crippen LogP contribution in [0.2, 0.25) is 0 Å². The van der Waals surface area contributed by atoms with Gasteiger partial charge in [-0.25, -0.2) is 0 Å².